The summed E-state index contributed by atoms with van der Waals surface area (Å²) in [4.78, 5) is 19.9. The number of pyridine rings is 1. The van der Waals surface area contributed by atoms with E-state index in [0.717, 1.165) is 35.5 Å². The highest BCUT2D eigenvalue weighted by Gasteiger charge is 2.14. The number of hydrogen-bond donors (Lipinski definition) is 3. The predicted molar refractivity (Wildman–Crippen MR) is 117 cm³/mol. The van der Waals surface area contributed by atoms with Crippen molar-refractivity contribution in [3.8, 4) is 5.75 Å². The molecule has 2 heterocycles. The van der Waals surface area contributed by atoms with Gasteiger partial charge in [-0.05, 0) is 42.3 Å². The number of nitrogens with zero attached hydrogens (tertiary/aromatic N) is 2. The van der Waals surface area contributed by atoms with Gasteiger partial charge in [0.2, 0.25) is 5.91 Å². The van der Waals surface area contributed by atoms with Crippen molar-refractivity contribution >= 4 is 41.5 Å². The van der Waals surface area contributed by atoms with Crippen LogP contribution in [0.2, 0.25) is 0 Å². The zero-order valence-corrected chi connectivity index (χ0v) is 17.3. The van der Waals surface area contributed by atoms with E-state index < -0.39 is 0 Å². The number of nitrogens with two attached hydrogens (primary N) is 1. The molecular weight excluding hydrogens is 457 g/mol. The maximum absolute atomic E-state index is 11.4. The van der Waals surface area contributed by atoms with E-state index >= 15 is 0 Å². The van der Waals surface area contributed by atoms with Crippen molar-refractivity contribution in [1.82, 2.24) is 10.3 Å². The molecule has 0 saturated heterocycles. The number of nitrogens with one attached hydrogen (secondary N) is 2. The second-order valence-corrected chi connectivity index (χ2v) is 5.98. The minimum Gasteiger partial charge on any atom is -0.492 e. The summed E-state index contributed by atoms with van der Waals surface area (Å²) in [6, 6.07) is 11.5. The van der Waals surface area contributed by atoms with Crippen LogP contribution in [0.15, 0.2) is 47.6 Å². The molecule has 1 aromatic carbocycles. The van der Waals surface area contributed by atoms with Gasteiger partial charge in [-0.2, -0.15) is 0 Å². The lowest BCUT2D eigenvalue weighted by Gasteiger charge is -2.17. The van der Waals surface area contributed by atoms with Crippen molar-refractivity contribution in [2.24, 2.45) is 10.7 Å². The van der Waals surface area contributed by atoms with Crippen molar-refractivity contribution in [1.29, 1.82) is 0 Å². The summed E-state index contributed by atoms with van der Waals surface area (Å²) >= 11 is 0. The van der Waals surface area contributed by atoms with Gasteiger partial charge >= 0.3 is 0 Å². The zero-order valence-electron chi connectivity index (χ0n) is 15.0. The highest BCUT2D eigenvalue weighted by molar-refractivity contribution is 14.0. The van der Waals surface area contributed by atoms with E-state index in [1.165, 1.54) is 0 Å². The number of amides is 1. The van der Waals surface area contributed by atoms with E-state index in [-0.39, 0.29) is 29.9 Å². The molecule has 27 heavy (non-hydrogen) atoms. The van der Waals surface area contributed by atoms with Gasteiger partial charge in [0.25, 0.3) is 0 Å². The average molecular weight is 481 g/mol. The topological polar surface area (TPSA) is 102 Å². The number of aliphatic imine (C=N–C) groups is 1. The van der Waals surface area contributed by atoms with E-state index in [2.05, 4.69) is 20.6 Å². The molecular formula is C19H24IN5O2. The zero-order chi connectivity index (χ0) is 18.2. The Morgan fingerprint density at radius 1 is 1.30 bits per heavy atom. The summed E-state index contributed by atoms with van der Waals surface area (Å²) in [7, 11) is 0. The molecule has 0 bridgehead atoms. The molecule has 0 atom stereocenters. The largest absolute Gasteiger partial charge is 0.492 e. The Hall–Kier alpha value is -2.36. The minimum absolute atomic E-state index is 0. The van der Waals surface area contributed by atoms with Gasteiger partial charge < -0.3 is 21.1 Å². The summed E-state index contributed by atoms with van der Waals surface area (Å²) in [5, 5.41) is 5.89. The predicted octanol–water partition coefficient (Wildman–Crippen LogP) is 2.11. The van der Waals surface area contributed by atoms with Crippen molar-refractivity contribution in [2.45, 2.75) is 19.3 Å². The lowest BCUT2D eigenvalue weighted by molar-refractivity contribution is -0.116. The Balaban J connectivity index is 0.00000261. The van der Waals surface area contributed by atoms with Crippen LogP contribution in [0.3, 0.4) is 0 Å². The first kappa shape index (κ1) is 20.9. The second-order valence-electron chi connectivity index (χ2n) is 5.98. The van der Waals surface area contributed by atoms with Crippen molar-refractivity contribution in [3.05, 3.63) is 53.9 Å². The molecule has 1 amide bonds. The number of aromatic nitrogens is 1. The monoisotopic (exact) mass is 481 g/mol. The Bertz CT molecular complexity index is 783. The molecule has 0 fully saturated rings. The molecule has 7 nitrogen and oxygen atoms in total. The fourth-order valence-electron chi connectivity index (χ4n) is 2.69. The SMILES string of the molecule is I.NC(=NCCc1ccccn1)NCCOc1ccc2c(c1)CCC(=O)N2. The first-order chi connectivity index (χ1) is 12.7. The van der Waals surface area contributed by atoms with Gasteiger partial charge in [0.05, 0.1) is 6.54 Å². The maximum Gasteiger partial charge on any atom is 0.224 e. The first-order valence-electron chi connectivity index (χ1n) is 8.70. The van der Waals surface area contributed by atoms with Crippen LogP contribution in [0.25, 0.3) is 0 Å². The fourth-order valence-corrected chi connectivity index (χ4v) is 2.69. The number of benzene rings is 1. The molecule has 0 spiro atoms. The van der Waals surface area contributed by atoms with E-state index in [4.69, 9.17) is 10.5 Å². The second kappa shape index (κ2) is 10.7. The maximum atomic E-state index is 11.4. The number of guanidine groups is 1. The molecule has 1 aliphatic rings. The van der Waals surface area contributed by atoms with Crippen molar-refractivity contribution in [3.63, 3.8) is 0 Å². The number of rotatable bonds is 7. The van der Waals surface area contributed by atoms with Crippen molar-refractivity contribution < 1.29 is 9.53 Å². The Kier molecular flexibility index (Phi) is 8.31. The van der Waals surface area contributed by atoms with Gasteiger partial charge in [0.15, 0.2) is 5.96 Å². The quantitative estimate of drug-likeness (QED) is 0.244. The van der Waals surface area contributed by atoms with Crippen LogP contribution in [0.5, 0.6) is 5.75 Å². The van der Waals surface area contributed by atoms with Gasteiger partial charge in [0, 0.05) is 37.0 Å². The number of fused-ring (bicyclic) bond motifs is 1. The van der Waals surface area contributed by atoms with Crippen LogP contribution >= 0.6 is 24.0 Å². The molecule has 0 saturated carbocycles. The number of hydrogen-bond acceptors (Lipinski definition) is 4. The highest BCUT2D eigenvalue weighted by atomic mass is 127. The lowest BCUT2D eigenvalue weighted by Crippen LogP contribution is -2.35. The van der Waals surface area contributed by atoms with Gasteiger partial charge in [-0.1, -0.05) is 6.07 Å². The normalized spacial score (nSPS) is 13.2. The van der Waals surface area contributed by atoms with Gasteiger partial charge in [-0.15, -0.1) is 24.0 Å². The number of halogens is 1. The number of carbonyl (C=O) groups is 1. The smallest absolute Gasteiger partial charge is 0.224 e. The third-order valence-corrected chi connectivity index (χ3v) is 4.03. The molecule has 8 heteroatoms. The van der Waals surface area contributed by atoms with Crippen LogP contribution in [0.1, 0.15) is 17.7 Å². The number of anilines is 1. The van der Waals surface area contributed by atoms with E-state index in [0.29, 0.717) is 32.1 Å². The third kappa shape index (κ3) is 6.70. The average Bonchev–Trinajstić information content (AvgIpc) is 2.66. The minimum atomic E-state index is 0. The van der Waals surface area contributed by atoms with Crippen LogP contribution in [-0.2, 0) is 17.6 Å². The molecule has 2 aromatic rings. The molecule has 1 aliphatic heterocycles. The summed E-state index contributed by atoms with van der Waals surface area (Å²) in [6.07, 6.45) is 3.79. The molecule has 1 aromatic heterocycles. The Morgan fingerprint density at radius 2 is 2.19 bits per heavy atom. The van der Waals surface area contributed by atoms with Gasteiger partial charge in [-0.3, -0.25) is 14.8 Å². The van der Waals surface area contributed by atoms with Crippen LogP contribution in [-0.4, -0.2) is 36.5 Å². The molecule has 0 aliphatic carbocycles. The van der Waals surface area contributed by atoms with Gasteiger partial charge in [-0.25, -0.2) is 0 Å². The Labute approximate surface area is 175 Å². The van der Waals surface area contributed by atoms with Crippen molar-refractivity contribution in [2.75, 3.05) is 25.0 Å². The Morgan fingerprint density at radius 3 is 3.00 bits per heavy atom. The van der Waals surface area contributed by atoms with E-state index in [1.807, 2.05) is 36.4 Å². The number of aryl methyl sites for hydroxylation is 1. The fraction of sp³-hybridized carbons (Fsp3) is 0.316. The standard InChI is InChI=1S/C19H23N5O2.HI/c20-19(22-10-8-15-3-1-2-9-21-15)23-11-12-26-16-5-6-17-14(13-16)4-7-18(25)24-17;/h1-3,5-6,9,13H,4,7-8,10-12H2,(H,24,25)(H3,20,22,23);1H. The first-order valence-corrected chi connectivity index (χ1v) is 8.70. The molecule has 144 valence electrons. The molecule has 0 radical (unpaired) electrons. The number of ether oxygens (including phenoxy) is 1. The van der Waals surface area contributed by atoms with E-state index in [9.17, 15) is 4.79 Å². The van der Waals surface area contributed by atoms with Gasteiger partial charge in [0.1, 0.15) is 12.4 Å². The van der Waals surface area contributed by atoms with Crippen LogP contribution in [0, 0.1) is 0 Å². The summed E-state index contributed by atoms with van der Waals surface area (Å²) < 4.78 is 5.73. The van der Waals surface area contributed by atoms with E-state index in [1.54, 1.807) is 6.20 Å². The van der Waals surface area contributed by atoms with Crippen LogP contribution < -0.4 is 21.1 Å². The van der Waals surface area contributed by atoms with Crippen LogP contribution in [0.4, 0.5) is 5.69 Å². The highest BCUT2D eigenvalue weighted by Crippen LogP contribution is 2.26. The molecule has 4 N–H and O–H groups in total. The summed E-state index contributed by atoms with van der Waals surface area (Å²) in [6.45, 7) is 1.63. The summed E-state index contributed by atoms with van der Waals surface area (Å²) in [5.74, 6) is 1.25. The third-order valence-electron chi connectivity index (χ3n) is 4.03. The molecule has 0 unspecified atom stereocenters. The lowest BCUT2D eigenvalue weighted by atomic mass is 10.0. The number of carbonyl (C=O) groups excluding carboxylic acids is 1. The summed E-state index contributed by atoms with van der Waals surface area (Å²) in [5.41, 5.74) is 8.81. The molecule has 3 rings (SSSR count).